The van der Waals surface area contributed by atoms with Gasteiger partial charge >= 0.3 is 15.4 Å². The van der Waals surface area contributed by atoms with Crippen molar-refractivity contribution in [2.45, 2.75) is 24.9 Å². The number of nitrogens with zero attached hydrogens (tertiary/aromatic N) is 3. The number of anilines is 1. The molecule has 3 heterocycles. The van der Waals surface area contributed by atoms with Crippen molar-refractivity contribution in [3.63, 3.8) is 0 Å². The third-order valence-electron chi connectivity index (χ3n) is 4.41. The number of hydrogen-bond acceptors (Lipinski definition) is 8. The van der Waals surface area contributed by atoms with Gasteiger partial charge in [0, 0.05) is 30.8 Å². The summed E-state index contributed by atoms with van der Waals surface area (Å²) in [6, 6.07) is 0. The van der Waals surface area contributed by atoms with Crippen LogP contribution < -0.4 is 16.7 Å². The van der Waals surface area contributed by atoms with E-state index in [0.717, 1.165) is 0 Å². The molecule has 1 aliphatic heterocycles. The first-order valence-corrected chi connectivity index (χ1v) is 10.1. The van der Waals surface area contributed by atoms with E-state index in [1.165, 1.54) is 23.2 Å². The third-order valence-corrected chi connectivity index (χ3v) is 4.91. The lowest BCUT2D eigenvalue weighted by atomic mass is 10.2. The molecule has 3 rings (SSSR count). The first kappa shape index (κ1) is 20.1. The molecule has 12 heteroatoms. The van der Waals surface area contributed by atoms with E-state index in [4.69, 9.17) is 11.7 Å². The molecular weight excluding hydrogens is 411 g/mol. The zero-order chi connectivity index (χ0) is 22.4. The number of amides is 1. The third kappa shape index (κ3) is 5.47. The van der Waals surface area contributed by atoms with Gasteiger partial charge in [-0.3, -0.25) is 9.36 Å². The first-order chi connectivity index (χ1) is 14.8. The van der Waals surface area contributed by atoms with Crippen LogP contribution in [0.25, 0.3) is 12.2 Å². The normalized spacial score (nSPS) is 22.5. The fraction of sp³-hybridized carbons (Fsp3) is 0.333. The molecule has 1 aliphatic rings. The number of aromatic amines is 1. The smallest absolute Gasteiger partial charge is 0.388 e. The number of carbonyl (C=O) groups excluding carboxylic acids is 1. The summed E-state index contributed by atoms with van der Waals surface area (Å²) in [7, 11) is -2.24. The molecule has 2 aromatic heterocycles. The van der Waals surface area contributed by atoms with Crippen LogP contribution in [0.2, 0.25) is 0 Å². The van der Waals surface area contributed by atoms with Gasteiger partial charge in [-0.2, -0.15) is 4.98 Å². The molecule has 4 unspecified atom stereocenters. The summed E-state index contributed by atoms with van der Waals surface area (Å²) in [6.45, 7) is 0.210. The Kier molecular flexibility index (Phi) is 6.75. The van der Waals surface area contributed by atoms with Gasteiger partial charge in [-0.05, 0) is 6.08 Å². The lowest BCUT2D eigenvalue weighted by molar-refractivity contribution is -0.116. The quantitative estimate of drug-likeness (QED) is 0.334. The number of nitrogen functional groups attached to an aromatic ring is 1. The Morgan fingerprint density at radius 1 is 1.57 bits per heavy atom. The summed E-state index contributed by atoms with van der Waals surface area (Å²) in [5, 5.41) is 12.7. The highest BCUT2D eigenvalue weighted by atomic mass is 31.1. The maximum Gasteiger partial charge on any atom is 0.388 e. The predicted molar refractivity (Wildman–Crippen MR) is 111 cm³/mol. The van der Waals surface area contributed by atoms with Gasteiger partial charge in [0.25, 0.3) is 0 Å². The van der Waals surface area contributed by atoms with E-state index in [2.05, 4.69) is 20.3 Å². The average Bonchev–Trinajstić information content (AvgIpc) is 3.35. The Morgan fingerprint density at radius 2 is 2.40 bits per heavy atom. The molecule has 158 valence electrons. The molecule has 0 spiro atoms. The van der Waals surface area contributed by atoms with Gasteiger partial charge in [-0.25, -0.2) is 9.78 Å². The molecule has 0 radical (unpaired) electrons. The summed E-state index contributed by atoms with van der Waals surface area (Å²) in [4.78, 5) is 34.5. The number of H-pyrrole nitrogens is 1. The Hall–Kier alpha value is -3.14. The van der Waals surface area contributed by atoms with Crippen LogP contribution in [0.3, 0.4) is 0 Å². The van der Waals surface area contributed by atoms with Crippen molar-refractivity contribution < 1.29 is 19.2 Å². The molecule has 2 aromatic rings. The predicted octanol–water partition coefficient (Wildman–Crippen LogP) is 0.0638. The second-order valence-corrected chi connectivity index (χ2v) is 7.13. The van der Waals surface area contributed by atoms with Crippen LogP contribution in [-0.2, 0) is 14.1 Å². The van der Waals surface area contributed by atoms with Gasteiger partial charge in [-0.1, -0.05) is 16.7 Å². The maximum atomic E-state index is 12.2. The lowest BCUT2D eigenvalue weighted by Gasteiger charge is -2.14. The second kappa shape index (κ2) is 10.1. The van der Waals surface area contributed by atoms with Gasteiger partial charge in [0.1, 0.15) is 18.1 Å². The number of aliphatic hydroxyl groups excluding tert-OH is 1. The number of hydrogen-bond donors (Lipinski definition) is 4. The maximum absolute atomic E-state index is 12.2. The van der Waals surface area contributed by atoms with E-state index in [-0.39, 0.29) is 30.9 Å². The van der Waals surface area contributed by atoms with Crippen LogP contribution in [0, 0.1) is 0 Å². The molecule has 4 atom stereocenters. The van der Waals surface area contributed by atoms with Crippen LogP contribution >= 0.6 is 8.41 Å². The zero-order valence-electron chi connectivity index (χ0n) is 16.8. The largest absolute Gasteiger partial charge is 0.390 e. The van der Waals surface area contributed by atoms with Gasteiger partial charge in [0.2, 0.25) is 5.91 Å². The SMILES string of the molecule is [3H][P+](=O)CC1OC(n2cc(/C=C/CNC(=O)/C=C/c3cnc[nH]3)c(N)nc2=O)CC1O. The molecule has 30 heavy (non-hydrogen) atoms. The summed E-state index contributed by atoms with van der Waals surface area (Å²) < 4.78 is 25.1. The number of carbonyl (C=O) groups is 1. The fourth-order valence-electron chi connectivity index (χ4n) is 2.88. The molecule has 0 saturated carbocycles. The van der Waals surface area contributed by atoms with E-state index >= 15 is 0 Å². The van der Waals surface area contributed by atoms with Crippen LogP contribution in [-0.4, -0.2) is 56.7 Å². The van der Waals surface area contributed by atoms with Crippen LogP contribution in [0.15, 0.2) is 35.7 Å². The van der Waals surface area contributed by atoms with Crippen molar-refractivity contribution in [3.8, 4) is 0 Å². The minimum atomic E-state index is -2.24. The highest BCUT2D eigenvalue weighted by Crippen LogP contribution is 2.29. The van der Waals surface area contributed by atoms with Crippen molar-refractivity contribution in [1.29, 1.82) is 1.28 Å². The van der Waals surface area contributed by atoms with Crippen molar-refractivity contribution in [1.82, 2.24) is 24.8 Å². The molecule has 0 aliphatic carbocycles. The van der Waals surface area contributed by atoms with E-state index in [1.807, 2.05) is 0 Å². The topological polar surface area (TPSA) is 165 Å². The Bertz CT molecular complexity index is 1050. The standard InChI is InChI=1S/C18H21N6O5P/c19-17-11(2-1-5-21-15(26)4-3-12-7-20-10-22-12)8-24(18(27)23-17)16-6-13(25)14(29-16)9-30-28/h1-4,7-8,10,13-14,16,25H,5-6,9H2,(H,20,22)(H,21,26)(H2,19,23,27)/p+1/b2-1+,4-3+/i/hT. The zero-order valence-corrected chi connectivity index (χ0v) is 16.7. The summed E-state index contributed by atoms with van der Waals surface area (Å²) in [5.41, 5.74) is 6.29. The number of imidazole rings is 1. The highest BCUT2D eigenvalue weighted by molar-refractivity contribution is 7.23. The van der Waals surface area contributed by atoms with Gasteiger partial charge in [0.05, 0.1) is 24.3 Å². The number of ether oxygens (including phenoxy) is 1. The number of aliphatic hydroxyl groups is 1. The minimum absolute atomic E-state index is 0.00676. The van der Waals surface area contributed by atoms with Gasteiger partial charge in [-0.15, -0.1) is 0 Å². The van der Waals surface area contributed by atoms with Crippen LogP contribution in [0.5, 0.6) is 0 Å². The fourth-order valence-corrected chi connectivity index (χ4v) is 3.36. The second-order valence-electron chi connectivity index (χ2n) is 6.50. The summed E-state index contributed by atoms with van der Waals surface area (Å²) in [6.07, 6.45) is 8.16. The van der Waals surface area contributed by atoms with Crippen molar-refractivity contribution >= 4 is 32.3 Å². The highest BCUT2D eigenvalue weighted by Gasteiger charge is 2.37. The monoisotopic (exact) mass is 435 g/mol. The molecular formula is C18H22N6O5P+. The summed E-state index contributed by atoms with van der Waals surface area (Å²) >= 11 is 0. The molecule has 5 N–H and O–H groups in total. The number of nitrogens with two attached hydrogens (primary N) is 1. The molecule has 0 aromatic carbocycles. The van der Waals surface area contributed by atoms with Gasteiger partial charge in [0.15, 0.2) is 6.16 Å². The Labute approximate surface area is 174 Å². The Morgan fingerprint density at radius 3 is 3.13 bits per heavy atom. The Balaban J connectivity index is 1.62. The van der Waals surface area contributed by atoms with E-state index < -0.39 is 32.5 Å². The molecule has 1 fully saturated rings. The summed E-state index contributed by atoms with van der Waals surface area (Å²) in [5.74, 6) is -0.297. The van der Waals surface area contributed by atoms with E-state index in [9.17, 15) is 19.3 Å². The van der Waals surface area contributed by atoms with E-state index in [1.54, 1.807) is 24.4 Å². The first-order valence-electron chi connectivity index (χ1n) is 9.54. The molecule has 1 saturated heterocycles. The molecule has 0 bridgehead atoms. The molecule has 1 amide bonds. The van der Waals surface area contributed by atoms with Crippen molar-refractivity contribution in [3.05, 3.63) is 52.6 Å². The number of nitrogens with one attached hydrogen (secondary N) is 2. The van der Waals surface area contributed by atoms with E-state index in [0.29, 0.717) is 11.3 Å². The minimum Gasteiger partial charge on any atom is -0.390 e. The number of aromatic nitrogens is 4. The van der Waals surface area contributed by atoms with Gasteiger partial charge < -0.3 is 25.9 Å². The average molecular weight is 435 g/mol. The molecule has 11 nitrogen and oxygen atoms in total. The number of rotatable bonds is 8. The van der Waals surface area contributed by atoms with Crippen molar-refractivity contribution in [2.75, 3.05) is 18.4 Å². The van der Waals surface area contributed by atoms with Crippen molar-refractivity contribution in [2.24, 2.45) is 0 Å². The van der Waals surface area contributed by atoms with Crippen LogP contribution in [0.1, 0.15) is 23.9 Å². The lowest BCUT2D eigenvalue weighted by Crippen LogP contribution is -2.28. The van der Waals surface area contributed by atoms with Crippen LogP contribution in [0.4, 0.5) is 5.82 Å².